The van der Waals surface area contributed by atoms with Gasteiger partial charge in [0, 0.05) is 34.8 Å². The number of aromatic nitrogens is 1. The summed E-state index contributed by atoms with van der Waals surface area (Å²) in [5.41, 5.74) is 11.7. The summed E-state index contributed by atoms with van der Waals surface area (Å²) in [6.07, 6.45) is 0.109. The van der Waals surface area contributed by atoms with Gasteiger partial charge in [-0.2, -0.15) is 0 Å². The molecule has 4 rings (SSSR count). The zero-order valence-electron chi connectivity index (χ0n) is 18.1. The van der Waals surface area contributed by atoms with Crippen molar-refractivity contribution in [2.45, 2.75) is 33.4 Å². The summed E-state index contributed by atoms with van der Waals surface area (Å²) in [6, 6.07) is 23.0. The molecule has 0 bridgehead atoms. The molecule has 31 heavy (non-hydrogen) atoms. The quantitative estimate of drug-likeness (QED) is 0.410. The van der Waals surface area contributed by atoms with E-state index in [1.54, 1.807) is 12.1 Å². The number of anilines is 2. The molecule has 0 aliphatic carbocycles. The molecule has 158 valence electrons. The highest BCUT2D eigenvalue weighted by Crippen LogP contribution is 2.38. The lowest BCUT2D eigenvalue weighted by atomic mass is 10.1. The number of carbonyl (C=O) groups excluding carboxylic acids is 1. The highest BCUT2D eigenvalue weighted by atomic mass is 16.5. The van der Waals surface area contributed by atoms with E-state index >= 15 is 0 Å². The molecule has 3 N–H and O–H groups in total. The number of amides is 1. The van der Waals surface area contributed by atoms with Gasteiger partial charge in [-0.05, 0) is 57.2 Å². The predicted molar refractivity (Wildman–Crippen MR) is 128 cm³/mol. The second-order valence-corrected chi connectivity index (χ2v) is 7.75. The smallest absolute Gasteiger partial charge is 0.255 e. The van der Waals surface area contributed by atoms with Gasteiger partial charge < -0.3 is 20.4 Å². The Morgan fingerprint density at radius 1 is 1.03 bits per heavy atom. The zero-order chi connectivity index (χ0) is 22.0. The molecule has 0 aliphatic rings. The van der Waals surface area contributed by atoms with Crippen molar-refractivity contribution in [2.75, 3.05) is 11.1 Å². The Kier molecular flexibility index (Phi) is 5.67. The molecule has 4 aromatic rings. The van der Waals surface area contributed by atoms with E-state index in [0.717, 1.165) is 45.8 Å². The Hall–Kier alpha value is -3.73. The summed E-state index contributed by atoms with van der Waals surface area (Å²) in [5, 5.41) is 3.95. The fraction of sp³-hybridized carbons (Fsp3) is 0.192. The molecule has 0 saturated carbocycles. The largest absolute Gasteiger partial charge is 0.491 e. The minimum absolute atomic E-state index is 0.109. The molecule has 5 nitrogen and oxygen atoms in total. The summed E-state index contributed by atoms with van der Waals surface area (Å²) >= 11 is 0. The van der Waals surface area contributed by atoms with Crippen LogP contribution in [0, 0.1) is 0 Å². The van der Waals surface area contributed by atoms with Crippen LogP contribution in [0.2, 0.25) is 0 Å². The number of hydrogen-bond donors (Lipinski definition) is 2. The Morgan fingerprint density at radius 2 is 1.74 bits per heavy atom. The summed E-state index contributed by atoms with van der Waals surface area (Å²) in [7, 11) is 0. The number of aryl methyl sites for hydroxylation is 1. The van der Waals surface area contributed by atoms with E-state index in [2.05, 4.69) is 16.8 Å². The van der Waals surface area contributed by atoms with E-state index in [9.17, 15) is 4.79 Å². The van der Waals surface area contributed by atoms with Crippen LogP contribution in [0.3, 0.4) is 0 Å². The van der Waals surface area contributed by atoms with Crippen molar-refractivity contribution >= 4 is 28.2 Å². The maximum absolute atomic E-state index is 12.4. The van der Waals surface area contributed by atoms with Crippen molar-refractivity contribution in [1.29, 1.82) is 0 Å². The second kappa shape index (κ2) is 8.56. The number of carbonyl (C=O) groups is 1. The molecular formula is C26H27N3O2. The number of nitrogens with one attached hydrogen (secondary N) is 1. The Morgan fingerprint density at radius 3 is 2.39 bits per heavy atom. The van der Waals surface area contributed by atoms with Crippen molar-refractivity contribution in [2.24, 2.45) is 0 Å². The lowest BCUT2D eigenvalue weighted by Gasteiger charge is -2.12. The number of hydrogen-bond acceptors (Lipinski definition) is 3. The first-order valence-electron chi connectivity index (χ1n) is 10.5. The first-order valence-corrected chi connectivity index (χ1v) is 10.5. The molecule has 0 spiro atoms. The third-order valence-electron chi connectivity index (χ3n) is 5.22. The van der Waals surface area contributed by atoms with E-state index in [0.29, 0.717) is 5.56 Å². The van der Waals surface area contributed by atoms with Crippen LogP contribution < -0.4 is 15.8 Å². The molecular weight excluding hydrogens is 386 g/mol. The van der Waals surface area contributed by atoms with Crippen LogP contribution in [0.15, 0.2) is 72.8 Å². The summed E-state index contributed by atoms with van der Waals surface area (Å²) in [4.78, 5) is 12.4. The Balaban J connectivity index is 1.66. The zero-order valence-corrected chi connectivity index (χ0v) is 18.1. The molecule has 0 fully saturated rings. The van der Waals surface area contributed by atoms with Crippen LogP contribution in [-0.2, 0) is 6.54 Å². The monoisotopic (exact) mass is 413 g/mol. The Labute approximate surface area is 182 Å². The molecule has 1 aromatic heterocycles. The van der Waals surface area contributed by atoms with Crippen molar-refractivity contribution in [3.63, 3.8) is 0 Å². The van der Waals surface area contributed by atoms with Gasteiger partial charge in [0.25, 0.3) is 5.91 Å². The second-order valence-electron chi connectivity index (χ2n) is 7.75. The molecule has 5 heteroatoms. The average molecular weight is 414 g/mol. The number of ether oxygens (including phenoxy) is 1. The lowest BCUT2D eigenvalue weighted by Crippen LogP contribution is -2.11. The van der Waals surface area contributed by atoms with E-state index in [1.807, 2.05) is 74.5 Å². The normalized spacial score (nSPS) is 11.1. The van der Waals surface area contributed by atoms with Gasteiger partial charge in [-0.15, -0.1) is 0 Å². The van der Waals surface area contributed by atoms with E-state index in [1.165, 1.54) is 0 Å². The number of rotatable bonds is 6. The minimum atomic E-state index is -0.131. The van der Waals surface area contributed by atoms with Crippen molar-refractivity contribution in [1.82, 2.24) is 4.57 Å². The highest BCUT2D eigenvalue weighted by Gasteiger charge is 2.17. The Bertz CT molecular complexity index is 1210. The molecule has 0 saturated heterocycles. The number of nitrogen functional groups attached to an aromatic ring is 1. The number of nitrogens with zero attached hydrogens (tertiary/aromatic N) is 1. The van der Waals surface area contributed by atoms with Crippen LogP contribution in [0.1, 0.15) is 31.1 Å². The average Bonchev–Trinajstić information content (AvgIpc) is 3.05. The number of fused-ring (bicyclic) bond motifs is 1. The lowest BCUT2D eigenvalue weighted by molar-refractivity contribution is 0.102. The fourth-order valence-electron chi connectivity index (χ4n) is 3.85. The highest BCUT2D eigenvalue weighted by molar-refractivity contribution is 6.05. The summed E-state index contributed by atoms with van der Waals surface area (Å²) < 4.78 is 8.08. The fourth-order valence-corrected chi connectivity index (χ4v) is 3.85. The molecule has 1 amide bonds. The van der Waals surface area contributed by atoms with Gasteiger partial charge in [-0.25, -0.2) is 0 Å². The van der Waals surface area contributed by atoms with E-state index in [4.69, 9.17) is 10.5 Å². The van der Waals surface area contributed by atoms with Gasteiger partial charge in [-0.3, -0.25) is 4.79 Å². The SMILES string of the molecule is CCn1c(-c2ccc(NC(=O)c3ccccc3)cc2)c(N)c2ccc(OC(C)C)cc21. The molecule has 3 aromatic carbocycles. The van der Waals surface area contributed by atoms with Crippen LogP contribution in [0.5, 0.6) is 5.75 Å². The van der Waals surface area contributed by atoms with Crippen molar-refractivity contribution in [3.8, 4) is 17.0 Å². The van der Waals surface area contributed by atoms with Gasteiger partial charge in [0.1, 0.15) is 5.75 Å². The molecule has 1 heterocycles. The van der Waals surface area contributed by atoms with Gasteiger partial charge in [0.2, 0.25) is 0 Å². The minimum Gasteiger partial charge on any atom is -0.491 e. The number of nitrogens with two attached hydrogens (primary N) is 1. The van der Waals surface area contributed by atoms with E-state index in [-0.39, 0.29) is 12.0 Å². The third-order valence-corrected chi connectivity index (χ3v) is 5.22. The van der Waals surface area contributed by atoms with Gasteiger partial charge in [-0.1, -0.05) is 30.3 Å². The number of benzene rings is 3. The van der Waals surface area contributed by atoms with Crippen LogP contribution in [0.4, 0.5) is 11.4 Å². The third kappa shape index (κ3) is 4.12. The van der Waals surface area contributed by atoms with Crippen molar-refractivity contribution in [3.05, 3.63) is 78.4 Å². The molecule has 0 radical (unpaired) electrons. The first kappa shape index (κ1) is 20.5. The molecule has 0 aliphatic heterocycles. The molecule has 0 unspecified atom stereocenters. The first-order chi connectivity index (χ1) is 15.0. The summed E-state index contributed by atoms with van der Waals surface area (Å²) in [5.74, 6) is 0.702. The van der Waals surface area contributed by atoms with Crippen LogP contribution in [0.25, 0.3) is 22.2 Å². The summed E-state index contributed by atoms with van der Waals surface area (Å²) in [6.45, 7) is 6.91. The maximum atomic E-state index is 12.4. The molecule has 0 atom stereocenters. The predicted octanol–water partition coefficient (Wildman–Crippen LogP) is 5.95. The van der Waals surface area contributed by atoms with Crippen LogP contribution >= 0.6 is 0 Å². The van der Waals surface area contributed by atoms with Gasteiger partial charge in [0.05, 0.1) is 23.0 Å². The topological polar surface area (TPSA) is 69.3 Å². The van der Waals surface area contributed by atoms with Gasteiger partial charge in [0.15, 0.2) is 0 Å². The van der Waals surface area contributed by atoms with Gasteiger partial charge >= 0.3 is 0 Å². The standard InChI is InChI=1S/C26H27N3O2/c1-4-29-23-16-21(31-17(2)3)14-15-22(23)24(27)25(29)18-10-12-20(13-11-18)28-26(30)19-8-6-5-7-9-19/h5-17H,4,27H2,1-3H3,(H,28,30). The van der Waals surface area contributed by atoms with E-state index < -0.39 is 0 Å². The van der Waals surface area contributed by atoms with Crippen LogP contribution in [-0.4, -0.2) is 16.6 Å². The van der Waals surface area contributed by atoms with Crippen molar-refractivity contribution < 1.29 is 9.53 Å². The maximum Gasteiger partial charge on any atom is 0.255 e.